The van der Waals surface area contributed by atoms with Crippen LogP contribution in [0.15, 0.2) is 195 Å². The molecule has 0 unspecified atom stereocenters. The molecule has 2 N–H and O–H groups in total. The number of hydrogen-bond donors (Lipinski definition) is 1. The van der Waals surface area contributed by atoms with E-state index in [-0.39, 0.29) is 5.41 Å². The number of nitrogens with zero attached hydrogens (tertiary/aromatic N) is 1. The number of aromatic nitrogens is 1. The van der Waals surface area contributed by atoms with Crippen molar-refractivity contribution in [3.8, 4) is 33.4 Å². The summed E-state index contributed by atoms with van der Waals surface area (Å²) < 4.78 is 2.39. The van der Waals surface area contributed by atoms with E-state index in [2.05, 4.69) is 196 Å². The third-order valence-electron chi connectivity index (χ3n) is 12.4. The maximum absolute atomic E-state index is 6.08. The highest BCUT2D eigenvalue weighted by atomic mass is 14.9. The van der Waals surface area contributed by atoms with E-state index in [4.69, 9.17) is 5.73 Å². The Hall–Kier alpha value is -7.16. The Morgan fingerprint density at radius 3 is 1.69 bits per heavy atom. The van der Waals surface area contributed by atoms with E-state index in [1.807, 2.05) is 65.8 Å². The lowest BCUT2D eigenvalue weighted by molar-refractivity contribution is 0.662. The standard InChI is InChI=1S/C32H25N.C24H19N.3C2H6/c1-32(2)28-17-7-6-12-22(28)23-13-8-14-24(30(23)32)25-15-9-16-26-27-18-20-10-4-5-11-21(20)19-29(27)33(3)31(25)26;1-17(21-9-4-5-12-24(21)25)18-13-15-20(16-14-18)23-11-6-8-19-7-2-3-10-22(19)23;3*1-2/h4-19H,1-3H3;2-16H,1,25H2;3*1-2H3. The molecule has 0 atom stereocenters. The zero-order valence-corrected chi connectivity index (χ0v) is 39.1. The Balaban J connectivity index is 0.000000177. The van der Waals surface area contributed by atoms with Gasteiger partial charge in [0.15, 0.2) is 0 Å². The number of hydrogen-bond acceptors (Lipinski definition) is 1. The average Bonchev–Trinajstić information content (AvgIpc) is 3.78. The lowest BCUT2D eigenvalue weighted by Gasteiger charge is -2.25. The van der Waals surface area contributed by atoms with Crippen LogP contribution in [-0.2, 0) is 12.5 Å². The quantitative estimate of drug-likeness (QED) is 0.176. The molecular formula is C62H62N2. The number of anilines is 1. The van der Waals surface area contributed by atoms with E-state index in [9.17, 15) is 0 Å². The number of rotatable bonds is 4. The molecule has 0 bridgehead atoms. The SMILES string of the molecule is C=C(c1ccc(-c2cccc3ccccc23)cc1)c1ccccc1N.CC.CC.CC.Cn1c2cc3ccccc3cc2c2cccc(-c3cccc4c3C(C)(C)c3ccccc3-4)c21. The van der Waals surface area contributed by atoms with Gasteiger partial charge in [-0.15, -0.1) is 0 Å². The van der Waals surface area contributed by atoms with Gasteiger partial charge in [-0.3, -0.25) is 0 Å². The van der Waals surface area contributed by atoms with Crippen LogP contribution < -0.4 is 5.73 Å². The molecule has 10 aromatic rings. The van der Waals surface area contributed by atoms with Crippen molar-refractivity contribution in [3.05, 3.63) is 217 Å². The van der Waals surface area contributed by atoms with E-state index in [1.54, 1.807) is 0 Å². The van der Waals surface area contributed by atoms with Crippen LogP contribution in [0, 0.1) is 0 Å². The molecular weight excluding hydrogens is 773 g/mol. The van der Waals surface area contributed by atoms with Gasteiger partial charge in [-0.05, 0) is 89.8 Å². The summed E-state index contributed by atoms with van der Waals surface area (Å²) in [7, 11) is 2.21. The van der Waals surface area contributed by atoms with Crippen LogP contribution in [0.2, 0.25) is 0 Å². The molecule has 2 heteroatoms. The van der Waals surface area contributed by atoms with Gasteiger partial charge in [0.25, 0.3) is 0 Å². The van der Waals surface area contributed by atoms with Crippen LogP contribution in [0.5, 0.6) is 0 Å². The van der Waals surface area contributed by atoms with Crippen LogP contribution in [0.3, 0.4) is 0 Å². The summed E-state index contributed by atoms with van der Waals surface area (Å²) in [6.07, 6.45) is 0. The molecule has 0 fully saturated rings. The van der Waals surface area contributed by atoms with Crippen molar-refractivity contribution in [2.45, 2.75) is 60.8 Å². The number of fused-ring (bicyclic) bond motifs is 8. The second-order valence-electron chi connectivity index (χ2n) is 16.0. The smallest absolute Gasteiger partial charge is 0.0568 e. The van der Waals surface area contributed by atoms with Crippen molar-refractivity contribution >= 4 is 54.6 Å². The predicted molar refractivity (Wildman–Crippen MR) is 283 cm³/mol. The Kier molecular flexibility index (Phi) is 13.7. The van der Waals surface area contributed by atoms with Crippen LogP contribution in [-0.4, -0.2) is 4.57 Å². The minimum absolute atomic E-state index is 0.0377. The number of para-hydroxylation sites is 2. The maximum Gasteiger partial charge on any atom is 0.0568 e. The fourth-order valence-electron chi connectivity index (χ4n) is 9.51. The van der Waals surface area contributed by atoms with Gasteiger partial charge in [-0.1, -0.05) is 232 Å². The van der Waals surface area contributed by atoms with Gasteiger partial charge in [-0.25, -0.2) is 0 Å². The molecule has 0 aliphatic heterocycles. The predicted octanol–water partition coefficient (Wildman–Crippen LogP) is 17.7. The van der Waals surface area contributed by atoms with Gasteiger partial charge in [-0.2, -0.15) is 0 Å². The summed E-state index contributed by atoms with van der Waals surface area (Å²) in [5.41, 5.74) is 23.1. The van der Waals surface area contributed by atoms with Crippen molar-refractivity contribution in [2.75, 3.05) is 5.73 Å². The van der Waals surface area contributed by atoms with Gasteiger partial charge in [0.1, 0.15) is 0 Å². The van der Waals surface area contributed by atoms with Crippen LogP contribution in [0.1, 0.15) is 77.6 Å². The summed E-state index contributed by atoms with van der Waals surface area (Å²) >= 11 is 0. The molecule has 0 amide bonds. The Morgan fingerprint density at radius 1 is 0.469 bits per heavy atom. The molecule has 0 spiro atoms. The topological polar surface area (TPSA) is 30.9 Å². The maximum atomic E-state index is 6.08. The first-order chi connectivity index (χ1) is 31.3. The van der Waals surface area contributed by atoms with Crippen LogP contribution in [0.4, 0.5) is 5.69 Å². The van der Waals surface area contributed by atoms with Crippen molar-refractivity contribution in [1.29, 1.82) is 0 Å². The molecule has 1 aliphatic carbocycles. The summed E-state index contributed by atoms with van der Waals surface area (Å²) in [6.45, 7) is 21.0. The van der Waals surface area contributed by atoms with E-state index < -0.39 is 0 Å². The Morgan fingerprint density at radius 2 is 0.969 bits per heavy atom. The first-order valence-electron chi connectivity index (χ1n) is 23.1. The van der Waals surface area contributed by atoms with Gasteiger partial charge < -0.3 is 10.3 Å². The fourth-order valence-corrected chi connectivity index (χ4v) is 9.51. The highest BCUT2D eigenvalue weighted by Gasteiger charge is 2.37. The monoisotopic (exact) mass is 834 g/mol. The van der Waals surface area contributed by atoms with Gasteiger partial charge >= 0.3 is 0 Å². The molecule has 0 saturated carbocycles. The minimum Gasteiger partial charge on any atom is -0.398 e. The number of benzene rings is 9. The fraction of sp³-hybridized carbons (Fsp3) is 0.161. The molecule has 0 saturated heterocycles. The minimum atomic E-state index is -0.0377. The van der Waals surface area contributed by atoms with E-state index in [0.717, 1.165) is 22.4 Å². The Bertz CT molecular complexity index is 3230. The molecule has 1 aromatic heterocycles. The molecule has 0 radical (unpaired) electrons. The largest absolute Gasteiger partial charge is 0.398 e. The molecule has 9 aromatic carbocycles. The molecule has 1 aliphatic rings. The average molecular weight is 835 g/mol. The summed E-state index contributed by atoms with van der Waals surface area (Å²) in [4.78, 5) is 0. The van der Waals surface area contributed by atoms with E-state index in [0.29, 0.717) is 0 Å². The van der Waals surface area contributed by atoms with Gasteiger partial charge in [0.2, 0.25) is 0 Å². The summed E-state index contributed by atoms with van der Waals surface area (Å²) in [6, 6.07) is 67.2. The summed E-state index contributed by atoms with van der Waals surface area (Å²) in [5, 5.41) is 7.74. The zero-order chi connectivity index (χ0) is 45.5. The second-order valence-corrected chi connectivity index (χ2v) is 16.0. The molecule has 64 heavy (non-hydrogen) atoms. The van der Waals surface area contributed by atoms with E-state index >= 15 is 0 Å². The van der Waals surface area contributed by atoms with Crippen LogP contribution in [0.25, 0.3) is 82.3 Å². The normalized spacial score (nSPS) is 11.8. The first kappa shape index (κ1) is 44.9. The molecule has 320 valence electrons. The Labute approximate surface area is 381 Å². The summed E-state index contributed by atoms with van der Waals surface area (Å²) in [5.74, 6) is 0. The van der Waals surface area contributed by atoms with Crippen molar-refractivity contribution < 1.29 is 0 Å². The highest BCUT2D eigenvalue weighted by Crippen LogP contribution is 2.53. The number of nitrogens with two attached hydrogens (primary N) is 1. The first-order valence-corrected chi connectivity index (χ1v) is 23.1. The third-order valence-corrected chi connectivity index (χ3v) is 12.4. The van der Waals surface area contributed by atoms with Crippen molar-refractivity contribution in [3.63, 3.8) is 0 Å². The lowest BCUT2D eigenvalue weighted by Crippen LogP contribution is -2.16. The third kappa shape index (κ3) is 8.01. The molecule has 1 heterocycles. The second kappa shape index (κ2) is 19.5. The lowest BCUT2D eigenvalue weighted by atomic mass is 9.78. The van der Waals surface area contributed by atoms with Gasteiger partial charge in [0, 0.05) is 45.6 Å². The highest BCUT2D eigenvalue weighted by molar-refractivity contribution is 6.16. The number of nitrogen functional groups attached to an aromatic ring is 1. The van der Waals surface area contributed by atoms with Gasteiger partial charge in [0.05, 0.1) is 5.52 Å². The molecule has 11 rings (SSSR count). The van der Waals surface area contributed by atoms with Crippen LogP contribution >= 0.6 is 0 Å². The zero-order valence-electron chi connectivity index (χ0n) is 39.1. The van der Waals surface area contributed by atoms with Crippen molar-refractivity contribution in [2.24, 2.45) is 7.05 Å². The molecule has 2 nitrogen and oxygen atoms in total. The number of aryl methyl sites for hydroxylation is 1. The van der Waals surface area contributed by atoms with Crippen molar-refractivity contribution in [1.82, 2.24) is 4.57 Å². The van der Waals surface area contributed by atoms with E-state index in [1.165, 1.54) is 87.9 Å².